The number of alkyl carbamates (subject to hydrolysis) is 1. The third-order valence-electron chi connectivity index (χ3n) is 6.75. The summed E-state index contributed by atoms with van der Waals surface area (Å²) in [5.41, 5.74) is 2.96. The highest BCUT2D eigenvalue weighted by Gasteiger charge is 2.65. The second kappa shape index (κ2) is 10.6. The van der Waals surface area contributed by atoms with Gasteiger partial charge >= 0.3 is 6.09 Å². The normalized spacial score (nSPS) is 22.2. The molecule has 0 aliphatic carbocycles. The van der Waals surface area contributed by atoms with Crippen molar-refractivity contribution >= 4 is 29.7 Å². The van der Waals surface area contributed by atoms with Crippen LogP contribution in [0.4, 0.5) is 4.79 Å². The van der Waals surface area contributed by atoms with Crippen molar-refractivity contribution in [2.24, 2.45) is 0 Å². The number of aliphatic hydroxyl groups is 1. The lowest BCUT2D eigenvalue weighted by Gasteiger charge is -2.53. The molecule has 2 aromatic rings. The Bertz CT molecular complexity index is 1180. The lowest BCUT2D eigenvalue weighted by molar-refractivity contribution is -0.168. The molecule has 0 bridgehead atoms. The molecule has 188 valence electrons. The summed E-state index contributed by atoms with van der Waals surface area (Å²) in [4.78, 5) is 41.4. The Labute approximate surface area is 215 Å². The Morgan fingerprint density at radius 3 is 2.64 bits per heavy atom. The minimum absolute atomic E-state index is 0.160. The largest absolute Gasteiger partial charge is 0.436 e. The highest BCUT2D eigenvalue weighted by atomic mass is 32.2. The highest BCUT2D eigenvalue weighted by Crippen LogP contribution is 2.51. The molecule has 2 aromatic carbocycles. The van der Waals surface area contributed by atoms with Crippen LogP contribution in [0.15, 0.2) is 54.6 Å². The van der Waals surface area contributed by atoms with E-state index in [0.29, 0.717) is 6.54 Å². The van der Waals surface area contributed by atoms with Gasteiger partial charge in [0.2, 0.25) is 5.91 Å². The molecule has 1 unspecified atom stereocenters. The first-order chi connectivity index (χ1) is 17.3. The maximum Gasteiger partial charge on any atom is 0.408 e. The number of carbonyl (C=O) groups is 3. The van der Waals surface area contributed by atoms with Crippen molar-refractivity contribution in [2.45, 2.75) is 49.9 Å². The molecule has 4 rings (SSSR count). The maximum absolute atomic E-state index is 13.4. The predicted molar refractivity (Wildman–Crippen MR) is 136 cm³/mol. The van der Waals surface area contributed by atoms with Crippen molar-refractivity contribution in [3.63, 3.8) is 0 Å². The maximum atomic E-state index is 13.4. The Morgan fingerprint density at radius 1 is 1.25 bits per heavy atom. The molecule has 0 spiro atoms. The molecule has 2 aliphatic heterocycles. The molecule has 2 heterocycles. The number of likely N-dealkylation sites (tertiary alicyclic amines) is 1. The zero-order valence-electron chi connectivity index (χ0n) is 20.2. The van der Waals surface area contributed by atoms with E-state index in [-0.39, 0.29) is 24.8 Å². The van der Waals surface area contributed by atoms with Gasteiger partial charge < -0.3 is 25.0 Å². The highest BCUT2D eigenvalue weighted by molar-refractivity contribution is 8.01. The molecule has 2 aliphatic rings. The molecule has 2 fully saturated rings. The number of hydrogen-bond acceptors (Lipinski definition) is 6. The van der Waals surface area contributed by atoms with Crippen LogP contribution < -0.4 is 5.32 Å². The first-order valence-corrected chi connectivity index (χ1v) is 12.6. The number of nitrogens with one attached hydrogen (secondary N) is 1. The summed E-state index contributed by atoms with van der Waals surface area (Å²) in [6.07, 6.45) is 2.93. The number of benzene rings is 2. The van der Waals surface area contributed by atoms with E-state index in [4.69, 9.17) is 11.2 Å². The zero-order valence-corrected chi connectivity index (χ0v) is 21.0. The van der Waals surface area contributed by atoms with Gasteiger partial charge in [0.1, 0.15) is 10.9 Å². The van der Waals surface area contributed by atoms with Gasteiger partial charge in [-0.15, -0.1) is 18.2 Å². The summed E-state index contributed by atoms with van der Waals surface area (Å²) in [6, 6.07) is 15.4. The Kier molecular flexibility index (Phi) is 7.57. The van der Waals surface area contributed by atoms with Crippen LogP contribution in [-0.2, 0) is 27.3 Å². The van der Waals surface area contributed by atoms with E-state index in [9.17, 15) is 19.5 Å². The van der Waals surface area contributed by atoms with Crippen LogP contribution >= 0.6 is 11.8 Å². The van der Waals surface area contributed by atoms with E-state index in [2.05, 4.69) is 11.2 Å². The van der Waals surface area contributed by atoms with E-state index < -0.39 is 35.1 Å². The van der Waals surface area contributed by atoms with E-state index in [1.807, 2.05) is 68.4 Å². The number of amides is 3. The lowest BCUT2D eigenvalue weighted by atomic mass is 9.91. The summed E-state index contributed by atoms with van der Waals surface area (Å²) in [5, 5.41) is 13.6. The van der Waals surface area contributed by atoms with Crippen molar-refractivity contribution < 1.29 is 24.2 Å². The summed E-state index contributed by atoms with van der Waals surface area (Å²) >= 11 is 1.49. The molecule has 4 atom stereocenters. The first kappa shape index (κ1) is 25.6. The average Bonchev–Trinajstić information content (AvgIpc) is 3.19. The van der Waals surface area contributed by atoms with Gasteiger partial charge in [0, 0.05) is 6.54 Å². The number of nitrogens with zero attached hydrogens (tertiary/aromatic N) is 2. The van der Waals surface area contributed by atoms with Gasteiger partial charge in [0.25, 0.3) is 5.91 Å². The number of ether oxygens (including phenoxy) is 1. The quantitative estimate of drug-likeness (QED) is 0.420. The number of rotatable bonds is 8. The van der Waals surface area contributed by atoms with Crippen LogP contribution in [0.1, 0.15) is 23.6 Å². The predicted octanol–water partition coefficient (Wildman–Crippen LogP) is 2.29. The van der Waals surface area contributed by atoms with Crippen LogP contribution in [0.5, 0.6) is 0 Å². The molecule has 9 heteroatoms. The number of thioether (sulfide) groups is 1. The number of fused-ring (bicyclic) bond motifs is 1. The molecule has 0 aromatic heterocycles. The summed E-state index contributed by atoms with van der Waals surface area (Å²) < 4.78 is 4.89. The minimum Gasteiger partial charge on any atom is -0.436 e. The van der Waals surface area contributed by atoms with Gasteiger partial charge in [-0.1, -0.05) is 60.5 Å². The van der Waals surface area contributed by atoms with Crippen molar-refractivity contribution in [2.75, 3.05) is 12.5 Å². The lowest BCUT2D eigenvalue weighted by Crippen LogP contribution is -2.73. The number of carbonyl (C=O) groups excluding carboxylic acids is 3. The number of β-lactam (4-membered cyclic amide) rings is 1. The van der Waals surface area contributed by atoms with Gasteiger partial charge in [-0.3, -0.25) is 9.59 Å². The topological polar surface area (TPSA) is 99.2 Å². The summed E-state index contributed by atoms with van der Waals surface area (Å²) in [5.74, 6) is 1.69. The summed E-state index contributed by atoms with van der Waals surface area (Å²) in [6.45, 7) is 4.16. The second-order valence-electron chi connectivity index (χ2n) is 9.06. The fourth-order valence-electron chi connectivity index (χ4n) is 4.67. The van der Waals surface area contributed by atoms with Crippen molar-refractivity contribution in [1.82, 2.24) is 15.1 Å². The zero-order chi connectivity index (χ0) is 25.9. The molecule has 0 radical (unpaired) electrons. The minimum atomic E-state index is -1.58. The summed E-state index contributed by atoms with van der Waals surface area (Å²) in [7, 11) is 0. The van der Waals surface area contributed by atoms with Gasteiger partial charge in [-0.25, -0.2) is 4.79 Å². The van der Waals surface area contributed by atoms with Crippen molar-refractivity contribution in [1.29, 1.82) is 0 Å². The van der Waals surface area contributed by atoms with Gasteiger partial charge in [-0.05, 0) is 37.0 Å². The molecule has 36 heavy (non-hydrogen) atoms. The van der Waals surface area contributed by atoms with Gasteiger partial charge in [0.05, 0.1) is 11.9 Å². The average molecular weight is 508 g/mol. The molecule has 3 amide bonds. The Morgan fingerprint density at radius 2 is 1.94 bits per heavy atom. The van der Waals surface area contributed by atoms with Gasteiger partial charge in [0.15, 0.2) is 12.7 Å². The van der Waals surface area contributed by atoms with Crippen LogP contribution in [0, 0.1) is 19.3 Å². The van der Waals surface area contributed by atoms with Gasteiger partial charge in [-0.2, -0.15) is 0 Å². The van der Waals surface area contributed by atoms with E-state index in [1.54, 1.807) is 4.90 Å². The van der Waals surface area contributed by atoms with Crippen molar-refractivity contribution in [3.05, 3.63) is 71.3 Å². The number of terminal acetylenes is 1. The molecule has 8 nitrogen and oxygen atoms in total. The fourth-order valence-corrected chi connectivity index (χ4v) is 6.04. The molecule has 0 saturated carbocycles. The third-order valence-corrected chi connectivity index (χ3v) is 8.18. The number of hydrogen-bond donors (Lipinski definition) is 2. The smallest absolute Gasteiger partial charge is 0.408 e. The first-order valence-electron chi connectivity index (χ1n) is 11.7. The number of aryl methyl sites for hydroxylation is 1. The van der Waals surface area contributed by atoms with E-state index >= 15 is 0 Å². The van der Waals surface area contributed by atoms with Crippen LogP contribution in [-0.4, -0.2) is 68.4 Å². The Hall–Kier alpha value is -3.48. The monoisotopic (exact) mass is 507 g/mol. The Balaban J connectivity index is 1.48. The fraction of sp³-hybridized carbons (Fsp3) is 0.370. The standard InChI is InChI=1S/C27H29N3O5S/c1-4-14-35-26(34)28-21(15-19-11-6-5-7-12-19)22(31)24(32)29-17-36-27(3)23(29)25(33)30(27)16-20-13-9-8-10-18(20)2/h1,5-13,21-23,31H,14-17H2,2-3H3,(H,28,34)/t21-,22-,23+,27?/m0/s1. The third kappa shape index (κ3) is 4.92. The number of aliphatic hydroxyl groups excluding tert-OH is 1. The van der Waals surface area contributed by atoms with Crippen LogP contribution in [0.25, 0.3) is 0 Å². The molecular weight excluding hydrogens is 478 g/mol. The van der Waals surface area contributed by atoms with Crippen LogP contribution in [0.2, 0.25) is 0 Å². The molecule has 2 saturated heterocycles. The SMILES string of the molecule is C#CCOC(=O)N[C@@H](Cc1ccccc1)[C@H](O)C(=O)N1CSC2(C)[C@H]1C(=O)N2Cc1ccccc1C. The molecular formula is C27H29N3O5S. The van der Waals surface area contributed by atoms with E-state index in [1.165, 1.54) is 16.7 Å². The van der Waals surface area contributed by atoms with Crippen LogP contribution in [0.3, 0.4) is 0 Å². The van der Waals surface area contributed by atoms with Crippen molar-refractivity contribution in [3.8, 4) is 12.3 Å². The molecule has 2 N–H and O–H groups in total. The van der Waals surface area contributed by atoms with E-state index in [0.717, 1.165) is 16.7 Å². The second-order valence-corrected chi connectivity index (χ2v) is 10.4.